The second-order valence-electron chi connectivity index (χ2n) is 4.17. The average molecular weight is 324 g/mol. The van der Waals surface area contributed by atoms with Crippen molar-refractivity contribution in [3.63, 3.8) is 0 Å². The molecule has 0 amide bonds. The van der Waals surface area contributed by atoms with Crippen molar-refractivity contribution in [2.24, 2.45) is 0 Å². The Morgan fingerprint density at radius 2 is 1.95 bits per heavy atom. The van der Waals surface area contributed by atoms with E-state index in [0.29, 0.717) is 11.0 Å². The standard InChI is InChI=1S/C14H11BrFNO2/c15-11-6-10(2-3-12(11)16)17-7-9-1-4-13-14(5-9)19-8-18-13/h1-6,17H,7-8H2. The first-order valence-corrected chi connectivity index (χ1v) is 6.59. The summed E-state index contributed by atoms with van der Waals surface area (Å²) in [5.41, 5.74) is 1.93. The van der Waals surface area contributed by atoms with Gasteiger partial charge in [-0.05, 0) is 51.8 Å². The van der Waals surface area contributed by atoms with E-state index in [1.807, 2.05) is 18.2 Å². The summed E-state index contributed by atoms with van der Waals surface area (Å²) in [5, 5.41) is 3.23. The molecule has 19 heavy (non-hydrogen) atoms. The zero-order valence-corrected chi connectivity index (χ0v) is 11.5. The lowest BCUT2D eigenvalue weighted by molar-refractivity contribution is 0.174. The monoisotopic (exact) mass is 323 g/mol. The van der Waals surface area contributed by atoms with Crippen molar-refractivity contribution >= 4 is 21.6 Å². The second-order valence-corrected chi connectivity index (χ2v) is 5.02. The first-order chi connectivity index (χ1) is 9.22. The molecule has 0 aromatic heterocycles. The van der Waals surface area contributed by atoms with E-state index in [1.54, 1.807) is 12.1 Å². The van der Waals surface area contributed by atoms with Gasteiger partial charge in [-0.3, -0.25) is 0 Å². The Bertz CT molecular complexity index is 618. The highest BCUT2D eigenvalue weighted by Crippen LogP contribution is 2.32. The molecule has 5 heteroatoms. The van der Waals surface area contributed by atoms with Crippen LogP contribution < -0.4 is 14.8 Å². The number of anilines is 1. The van der Waals surface area contributed by atoms with E-state index in [9.17, 15) is 4.39 Å². The molecule has 0 saturated heterocycles. The third-order valence-corrected chi connectivity index (χ3v) is 3.46. The SMILES string of the molecule is Fc1ccc(NCc2ccc3c(c2)OCO3)cc1Br. The van der Waals surface area contributed by atoms with Gasteiger partial charge in [0.05, 0.1) is 4.47 Å². The third-order valence-electron chi connectivity index (χ3n) is 2.85. The van der Waals surface area contributed by atoms with E-state index in [2.05, 4.69) is 21.2 Å². The molecule has 3 nitrogen and oxygen atoms in total. The predicted molar refractivity (Wildman–Crippen MR) is 74.0 cm³/mol. The highest BCUT2D eigenvalue weighted by atomic mass is 79.9. The summed E-state index contributed by atoms with van der Waals surface area (Å²) >= 11 is 3.16. The highest BCUT2D eigenvalue weighted by molar-refractivity contribution is 9.10. The number of nitrogens with one attached hydrogen (secondary N) is 1. The molecule has 1 N–H and O–H groups in total. The van der Waals surface area contributed by atoms with Crippen LogP contribution in [0.15, 0.2) is 40.9 Å². The Balaban J connectivity index is 1.70. The summed E-state index contributed by atoms with van der Waals surface area (Å²) in [6, 6.07) is 10.6. The summed E-state index contributed by atoms with van der Waals surface area (Å²) in [4.78, 5) is 0. The largest absolute Gasteiger partial charge is 0.454 e. The molecule has 0 saturated carbocycles. The number of ether oxygens (including phenoxy) is 2. The van der Waals surface area contributed by atoms with Gasteiger partial charge in [-0.25, -0.2) is 4.39 Å². The Kier molecular flexibility index (Phi) is 3.29. The molecule has 2 aromatic carbocycles. The summed E-state index contributed by atoms with van der Waals surface area (Å²) in [6.45, 7) is 0.909. The van der Waals surface area contributed by atoms with E-state index in [-0.39, 0.29) is 12.6 Å². The van der Waals surface area contributed by atoms with E-state index in [0.717, 1.165) is 22.7 Å². The van der Waals surface area contributed by atoms with E-state index >= 15 is 0 Å². The zero-order valence-electron chi connectivity index (χ0n) is 9.95. The number of benzene rings is 2. The molecule has 2 aromatic rings. The minimum absolute atomic E-state index is 0.270. The van der Waals surface area contributed by atoms with Gasteiger partial charge in [0.2, 0.25) is 6.79 Å². The summed E-state index contributed by atoms with van der Waals surface area (Å²) in [6.07, 6.45) is 0. The van der Waals surface area contributed by atoms with Crippen molar-refractivity contribution in [1.29, 1.82) is 0 Å². The number of hydrogen-bond donors (Lipinski definition) is 1. The maximum atomic E-state index is 13.1. The van der Waals surface area contributed by atoms with Gasteiger partial charge >= 0.3 is 0 Å². The minimum atomic E-state index is -0.270. The van der Waals surface area contributed by atoms with Gasteiger partial charge in [0.1, 0.15) is 5.82 Å². The van der Waals surface area contributed by atoms with Gasteiger partial charge in [-0.15, -0.1) is 0 Å². The third kappa shape index (κ3) is 2.66. The van der Waals surface area contributed by atoms with E-state index < -0.39 is 0 Å². The molecular formula is C14H11BrFNO2. The van der Waals surface area contributed by atoms with Crippen LogP contribution in [0.5, 0.6) is 11.5 Å². The average Bonchev–Trinajstić information content (AvgIpc) is 2.87. The van der Waals surface area contributed by atoms with Crippen LogP contribution in [0.4, 0.5) is 10.1 Å². The predicted octanol–water partition coefficient (Wildman–Crippen LogP) is 3.93. The molecule has 0 unspecified atom stereocenters. The Morgan fingerprint density at radius 3 is 2.79 bits per heavy atom. The molecular weight excluding hydrogens is 313 g/mol. The molecule has 0 aliphatic carbocycles. The van der Waals surface area contributed by atoms with Crippen LogP contribution in [0.1, 0.15) is 5.56 Å². The quantitative estimate of drug-likeness (QED) is 0.928. The first kappa shape index (κ1) is 12.3. The topological polar surface area (TPSA) is 30.5 Å². The van der Waals surface area contributed by atoms with Crippen LogP contribution in [0.2, 0.25) is 0 Å². The van der Waals surface area contributed by atoms with Crippen LogP contribution in [0.3, 0.4) is 0 Å². The van der Waals surface area contributed by atoms with Crippen molar-refractivity contribution in [2.75, 3.05) is 12.1 Å². The van der Waals surface area contributed by atoms with Crippen LogP contribution in [-0.2, 0) is 6.54 Å². The van der Waals surface area contributed by atoms with Crippen LogP contribution >= 0.6 is 15.9 Å². The molecule has 0 bridgehead atoms. The molecule has 0 spiro atoms. The number of halogens is 2. The normalized spacial score (nSPS) is 12.5. The van der Waals surface area contributed by atoms with Gasteiger partial charge in [0.25, 0.3) is 0 Å². The fourth-order valence-corrected chi connectivity index (χ4v) is 2.24. The molecule has 1 aliphatic rings. The minimum Gasteiger partial charge on any atom is -0.454 e. The lowest BCUT2D eigenvalue weighted by atomic mass is 10.2. The smallest absolute Gasteiger partial charge is 0.231 e. The van der Waals surface area contributed by atoms with Crippen molar-refractivity contribution in [3.8, 4) is 11.5 Å². The molecule has 3 rings (SSSR count). The number of hydrogen-bond acceptors (Lipinski definition) is 3. The Hall–Kier alpha value is -1.75. The van der Waals surface area contributed by atoms with Crippen molar-refractivity contribution in [1.82, 2.24) is 0 Å². The molecule has 0 atom stereocenters. The zero-order chi connectivity index (χ0) is 13.2. The van der Waals surface area contributed by atoms with Crippen LogP contribution in [0, 0.1) is 5.82 Å². The van der Waals surface area contributed by atoms with Gasteiger partial charge in [0.15, 0.2) is 11.5 Å². The maximum Gasteiger partial charge on any atom is 0.231 e. The van der Waals surface area contributed by atoms with Crippen LogP contribution in [-0.4, -0.2) is 6.79 Å². The highest BCUT2D eigenvalue weighted by Gasteiger charge is 2.12. The van der Waals surface area contributed by atoms with Crippen molar-refractivity contribution < 1.29 is 13.9 Å². The number of fused-ring (bicyclic) bond motifs is 1. The first-order valence-electron chi connectivity index (χ1n) is 5.80. The number of rotatable bonds is 3. The Morgan fingerprint density at radius 1 is 1.11 bits per heavy atom. The molecule has 98 valence electrons. The van der Waals surface area contributed by atoms with Crippen LogP contribution in [0.25, 0.3) is 0 Å². The lowest BCUT2D eigenvalue weighted by Crippen LogP contribution is -1.99. The molecule has 1 heterocycles. The Labute approximate surface area is 118 Å². The van der Waals surface area contributed by atoms with Gasteiger partial charge in [0, 0.05) is 12.2 Å². The van der Waals surface area contributed by atoms with Gasteiger partial charge < -0.3 is 14.8 Å². The summed E-state index contributed by atoms with van der Waals surface area (Å²) in [7, 11) is 0. The van der Waals surface area contributed by atoms with E-state index in [4.69, 9.17) is 9.47 Å². The fourth-order valence-electron chi connectivity index (χ4n) is 1.86. The van der Waals surface area contributed by atoms with Crippen molar-refractivity contribution in [3.05, 3.63) is 52.3 Å². The lowest BCUT2D eigenvalue weighted by Gasteiger charge is -2.08. The molecule has 0 radical (unpaired) electrons. The maximum absolute atomic E-state index is 13.1. The summed E-state index contributed by atoms with van der Waals surface area (Å²) < 4.78 is 24.1. The van der Waals surface area contributed by atoms with Gasteiger partial charge in [-0.1, -0.05) is 6.07 Å². The molecule has 1 aliphatic heterocycles. The van der Waals surface area contributed by atoms with Gasteiger partial charge in [-0.2, -0.15) is 0 Å². The summed E-state index contributed by atoms with van der Waals surface area (Å²) in [5.74, 6) is 1.27. The van der Waals surface area contributed by atoms with Crippen molar-refractivity contribution in [2.45, 2.75) is 6.54 Å². The fraction of sp³-hybridized carbons (Fsp3) is 0.143. The molecule has 0 fully saturated rings. The van der Waals surface area contributed by atoms with E-state index in [1.165, 1.54) is 6.07 Å². The second kappa shape index (κ2) is 5.09.